The van der Waals surface area contributed by atoms with Crippen LogP contribution in [0, 0.1) is 11.3 Å². The Morgan fingerprint density at radius 1 is 1.19 bits per heavy atom. The van der Waals surface area contributed by atoms with Crippen molar-refractivity contribution in [1.29, 1.82) is 5.26 Å². The number of nitrogens with one attached hydrogen (secondary N) is 3. The maximum Gasteiger partial charge on any atom is 0.158 e. The first-order chi connectivity index (χ1) is 13.2. The van der Waals surface area contributed by atoms with Gasteiger partial charge in [0.1, 0.15) is 23.7 Å². The van der Waals surface area contributed by atoms with Crippen molar-refractivity contribution in [3.63, 3.8) is 0 Å². The Kier molecular flexibility index (Phi) is 4.68. The van der Waals surface area contributed by atoms with E-state index in [0.29, 0.717) is 17.7 Å². The van der Waals surface area contributed by atoms with Gasteiger partial charge in [0.25, 0.3) is 0 Å². The Bertz CT molecular complexity index is 955. The number of para-hydroxylation sites is 1. The normalized spacial score (nSPS) is 18.4. The first-order valence-corrected chi connectivity index (χ1v) is 8.73. The number of nitrogens with zero attached hydrogens (tertiary/aromatic N) is 4. The first-order valence-electron chi connectivity index (χ1n) is 8.73. The smallest absolute Gasteiger partial charge is 0.158 e. The topological polar surface area (TPSA) is 112 Å². The highest BCUT2D eigenvalue weighted by Crippen LogP contribution is 2.34. The van der Waals surface area contributed by atoms with Gasteiger partial charge in [-0.05, 0) is 32.0 Å². The number of anilines is 2. The number of benzene rings is 1. The Labute approximate surface area is 156 Å². The third-order valence-electron chi connectivity index (χ3n) is 4.57. The number of ether oxygens (including phenoxy) is 1. The van der Waals surface area contributed by atoms with Gasteiger partial charge in [-0.2, -0.15) is 10.4 Å². The van der Waals surface area contributed by atoms with E-state index in [-0.39, 0.29) is 11.8 Å². The van der Waals surface area contributed by atoms with Crippen LogP contribution in [0.4, 0.5) is 11.6 Å². The van der Waals surface area contributed by atoms with Gasteiger partial charge in [0, 0.05) is 17.7 Å². The van der Waals surface area contributed by atoms with Crippen molar-refractivity contribution >= 4 is 11.6 Å². The Morgan fingerprint density at radius 2 is 2.04 bits per heavy atom. The molecule has 2 heterocycles. The molecule has 3 N–H and O–H groups in total. The van der Waals surface area contributed by atoms with Crippen LogP contribution in [0.5, 0.6) is 5.75 Å². The average molecular weight is 361 g/mol. The predicted molar refractivity (Wildman–Crippen MR) is 101 cm³/mol. The number of hydrogen-bond acceptors (Lipinski definition) is 7. The molecule has 0 radical (unpaired) electrons. The molecule has 0 bridgehead atoms. The summed E-state index contributed by atoms with van der Waals surface area (Å²) < 4.78 is 6.16. The zero-order valence-electron chi connectivity index (χ0n) is 14.8. The van der Waals surface area contributed by atoms with Crippen LogP contribution in [0.3, 0.4) is 0 Å². The summed E-state index contributed by atoms with van der Waals surface area (Å²) in [5.74, 6) is 1.97. The van der Waals surface area contributed by atoms with E-state index in [4.69, 9.17) is 10.00 Å². The number of nitriles is 1. The molecule has 1 saturated carbocycles. The lowest BCUT2D eigenvalue weighted by Crippen LogP contribution is -2.45. The third kappa shape index (κ3) is 3.73. The molecule has 8 nitrogen and oxygen atoms in total. The van der Waals surface area contributed by atoms with Gasteiger partial charge < -0.3 is 15.4 Å². The van der Waals surface area contributed by atoms with Gasteiger partial charge in [-0.1, -0.05) is 12.1 Å². The van der Waals surface area contributed by atoms with Crippen LogP contribution in [-0.4, -0.2) is 39.4 Å². The van der Waals surface area contributed by atoms with Crippen molar-refractivity contribution in [3.05, 3.63) is 48.4 Å². The summed E-state index contributed by atoms with van der Waals surface area (Å²) in [7, 11) is 1.98. The fourth-order valence-corrected chi connectivity index (χ4v) is 2.97. The van der Waals surface area contributed by atoms with Gasteiger partial charge in [-0.25, -0.2) is 9.97 Å². The highest BCUT2D eigenvalue weighted by Gasteiger charge is 2.30. The number of hydrogen-bond donors (Lipinski definition) is 3. The molecule has 0 spiro atoms. The third-order valence-corrected chi connectivity index (χ3v) is 4.57. The quantitative estimate of drug-likeness (QED) is 0.619. The van der Waals surface area contributed by atoms with Crippen molar-refractivity contribution in [1.82, 2.24) is 25.5 Å². The second-order valence-electron chi connectivity index (χ2n) is 6.38. The van der Waals surface area contributed by atoms with Crippen LogP contribution < -0.4 is 15.4 Å². The lowest BCUT2D eigenvalue weighted by Gasteiger charge is -2.35. The molecule has 8 heteroatoms. The summed E-state index contributed by atoms with van der Waals surface area (Å²) in [6.45, 7) is 0. The average Bonchev–Trinajstić information content (AvgIpc) is 3.13. The minimum absolute atomic E-state index is 0.234. The van der Waals surface area contributed by atoms with Gasteiger partial charge in [-0.15, -0.1) is 0 Å². The maximum atomic E-state index is 8.78. The molecule has 1 aliphatic carbocycles. The van der Waals surface area contributed by atoms with E-state index in [2.05, 4.69) is 30.8 Å². The van der Waals surface area contributed by atoms with E-state index in [1.54, 1.807) is 0 Å². The number of H-pyrrole nitrogens is 1. The lowest BCUT2D eigenvalue weighted by molar-refractivity contribution is 0.0890. The second kappa shape index (κ2) is 7.43. The molecular weight excluding hydrogens is 342 g/mol. The van der Waals surface area contributed by atoms with E-state index in [0.717, 1.165) is 29.8 Å². The molecule has 2 aromatic heterocycles. The Morgan fingerprint density at radius 3 is 2.78 bits per heavy atom. The molecule has 0 aliphatic heterocycles. The van der Waals surface area contributed by atoms with Gasteiger partial charge in [-0.3, -0.25) is 5.10 Å². The monoisotopic (exact) mass is 361 g/mol. The lowest BCUT2D eigenvalue weighted by atomic mass is 9.89. The molecule has 0 amide bonds. The molecule has 27 heavy (non-hydrogen) atoms. The molecule has 1 fully saturated rings. The molecular formula is C19H19N7O. The Balaban J connectivity index is 1.49. The molecule has 136 valence electrons. The van der Waals surface area contributed by atoms with E-state index >= 15 is 0 Å². The van der Waals surface area contributed by atoms with Crippen molar-refractivity contribution in [2.75, 3.05) is 12.4 Å². The Hall–Kier alpha value is -3.44. The molecule has 1 aromatic carbocycles. The number of aromatic nitrogens is 4. The zero-order chi connectivity index (χ0) is 18.6. The summed E-state index contributed by atoms with van der Waals surface area (Å²) in [5, 5.41) is 22.4. The molecule has 1 aliphatic rings. The van der Waals surface area contributed by atoms with Crippen molar-refractivity contribution < 1.29 is 4.74 Å². The number of rotatable bonds is 6. The van der Waals surface area contributed by atoms with Gasteiger partial charge >= 0.3 is 0 Å². The summed E-state index contributed by atoms with van der Waals surface area (Å²) >= 11 is 0. The molecule has 0 saturated heterocycles. The molecule has 4 rings (SSSR count). The van der Waals surface area contributed by atoms with Crippen LogP contribution in [0.25, 0.3) is 11.3 Å². The second-order valence-corrected chi connectivity index (χ2v) is 6.38. The van der Waals surface area contributed by atoms with E-state index in [9.17, 15) is 0 Å². The van der Waals surface area contributed by atoms with Crippen LogP contribution in [0.2, 0.25) is 0 Å². The first kappa shape index (κ1) is 17.0. The minimum atomic E-state index is 0.234. The fraction of sp³-hybridized carbons (Fsp3) is 0.263. The zero-order valence-corrected chi connectivity index (χ0v) is 14.8. The highest BCUT2D eigenvalue weighted by molar-refractivity contribution is 5.70. The summed E-state index contributed by atoms with van der Waals surface area (Å²) in [4.78, 5) is 8.12. The van der Waals surface area contributed by atoms with Crippen molar-refractivity contribution in [2.24, 2.45) is 0 Å². The van der Waals surface area contributed by atoms with E-state index in [1.807, 2.05) is 43.4 Å². The molecule has 0 atom stereocenters. The SMILES string of the molecule is CN[C@H]1C[C@H](Oc2ccccc2-c2cc(Nc3cnc(C#N)cn3)n[nH]2)C1. The summed E-state index contributed by atoms with van der Waals surface area (Å²) in [6.07, 6.45) is 5.17. The van der Waals surface area contributed by atoms with E-state index < -0.39 is 0 Å². The largest absolute Gasteiger partial charge is 0.490 e. The van der Waals surface area contributed by atoms with Crippen LogP contribution in [0.1, 0.15) is 18.5 Å². The summed E-state index contributed by atoms with van der Waals surface area (Å²) in [6, 6.07) is 12.3. The van der Waals surface area contributed by atoms with Crippen LogP contribution in [-0.2, 0) is 0 Å². The van der Waals surface area contributed by atoms with Crippen LogP contribution in [0.15, 0.2) is 42.7 Å². The minimum Gasteiger partial charge on any atom is -0.490 e. The van der Waals surface area contributed by atoms with Crippen molar-refractivity contribution in [3.8, 4) is 23.1 Å². The van der Waals surface area contributed by atoms with Gasteiger partial charge in [0.15, 0.2) is 11.5 Å². The van der Waals surface area contributed by atoms with Gasteiger partial charge in [0.05, 0.1) is 18.1 Å². The molecule has 3 aromatic rings. The standard InChI is InChI=1S/C19H19N7O/c1-21-12-6-14(7-12)27-17-5-3-2-4-15(17)16-8-18(26-25-16)24-19-11-22-13(9-20)10-23-19/h2-5,8,10-12,14,21H,6-7H2,1H3,(H2,23,24,25,26)/t12-,14-. The van der Waals surface area contributed by atoms with E-state index in [1.165, 1.54) is 12.4 Å². The summed E-state index contributed by atoms with van der Waals surface area (Å²) in [5.41, 5.74) is 2.07. The highest BCUT2D eigenvalue weighted by atomic mass is 16.5. The van der Waals surface area contributed by atoms with Crippen molar-refractivity contribution in [2.45, 2.75) is 25.0 Å². The van der Waals surface area contributed by atoms with Gasteiger partial charge in [0.2, 0.25) is 0 Å². The van der Waals surface area contributed by atoms with Crippen LogP contribution >= 0.6 is 0 Å². The predicted octanol–water partition coefficient (Wildman–Crippen LogP) is 2.61. The fourth-order valence-electron chi connectivity index (χ4n) is 2.97. The number of aromatic amines is 1. The maximum absolute atomic E-state index is 8.78. The molecule has 0 unspecified atom stereocenters.